The molecule has 1 aliphatic heterocycles. The molecule has 1 fully saturated rings. The predicted molar refractivity (Wildman–Crippen MR) is 123 cm³/mol. The smallest absolute Gasteiger partial charge is 0.453 e. The van der Waals surface area contributed by atoms with E-state index in [4.69, 9.17) is 9.47 Å². The van der Waals surface area contributed by atoms with Crippen molar-refractivity contribution in [2.45, 2.75) is 73.8 Å². The van der Waals surface area contributed by atoms with Crippen molar-refractivity contribution in [2.24, 2.45) is 0 Å². The average molecular weight is 551 g/mol. The number of esters is 1. The Morgan fingerprint density at radius 2 is 1.59 bits per heavy atom. The second-order valence-corrected chi connectivity index (χ2v) is 12.0. The zero-order valence-electron chi connectivity index (χ0n) is 20.4. The van der Waals surface area contributed by atoms with Crippen molar-refractivity contribution >= 4 is 15.8 Å². The van der Waals surface area contributed by atoms with Crippen LogP contribution in [0, 0.1) is 0 Å². The van der Waals surface area contributed by atoms with E-state index in [0.29, 0.717) is 5.56 Å². The molecular weight excluding hydrogens is 523 g/mol. The van der Waals surface area contributed by atoms with Crippen LogP contribution in [0.25, 0.3) is 11.3 Å². The molecule has 0 radical (unpaired) electrons. The van der Waals surface area contributed by atoms with Gasteiger partial charge in [-0.3, -0.25) is 14.8 Å². The lowest BCUT2D eigenvalue weighted by atomic mass is 9.99. The van der Waals surface area contributed by atoms with E-state index in [1.165, 1.54) is 30.5 Å². The van der Waals surface area contributed by atoms with Crippen LogP contribution in [0.1, 0.15) is 45.7 Å². The number of hydrogen-bond acceptors (Lipinski definition) is 7. The predicted octanol–water partition coefficient (Wildman–Crippen LogP) is 4.94. The minimum Gasteiger partial charge on any atom is -0.459 e. The molecule has 37 heavy (non-hydrogen) atoms. The van der Waals surface area contributed by atoms with Gasteiger partial charge in [-0.1, -0.05) is 12.1 Å². The van der Waals surface area contributed by atoms with Gasteiger partial charge in [0, 0.05) is 44.2 Å². The molecule has 204 valence electrons. The van der Waals surface area contributed by atoms with E-state index in [0.717, 1.165) is 6.20 Å². The van der Waals surface area contributed by atoms with Crippen LogP contribution < -0.4 is 0 Å². The Kier molecular flexibility index (Phi) is 8.00. The summed E-state index contributed by atoms with van der Waals surface area (Å²) in [6.45, 7) is 5.09. The topological polar surface area (TPSA) is 95.5 Å². The molecule has 1 aliphatic rings. The van der Waals surface area contributed by atoms with Gasteiger partial charge in [0.2, 0.25) is 0 Å². The molecule has 7 nitrogen and oxygen atoms in total. The third-order valence-corrected chi connectivity index (χ3v) is 8.36. The number of benzene rings is 1. The Labute approximate surface area is 211 Å². The second-order valence-electron chi connectivity index (χ2n) is 9.73. The van der Waals surface area contributed by atoms with Crippen LogP contribution in [-0.2, 0) is 30.5 Å². The maximum Gasteiger partial charge on any atom is 0.453 e. The molecule has 13 heteroatoms. The molecule has 0 aliphatic carbocycles. The number of alkyl halides is 5. The zero-order chi connectivity index (χ0) is 27.7. The van der Waals surface area contributed by atoms with Crippen molar-refractivity contribution in [3.63, 3.8) is 0 Å². The van der Waals surface area contributed by atoms with Gasteiger partial charge in [-0.2, -0.15) is 22.0 Å². The lowest BCUT2D eigenvalue weighted by Crippen LogP contribution is -2.53. The van der Waals surface area contributed by atoms with Gasteiger partial charge in [0.25, 0.3) is 0 Å². The molecule has 0 saturated carbocycles. The van der Waals surface area contributed by atoms with E-state index >= 15 is 0 Å². The quantitative estimate of drug-likeness (QED) is 0.356. The van der Waals surface area contributed by atoms with E-state index in [-0.39, 0.29) is 42.3 Å². The van der Waals surface area contributed by atoms with Gasteiger partial charge in [-0.05, 0) is 39.3 Å². The molecule has 3 rings (SSSR count). The molecule has 0 bridgehead atoms. The van der Waals surface area contributed by atoms with Gasteiger partial charge in [-0.15, -0.1) is 0 Å². The first-order valence-electron chi connectivity index (χ1n) is 11.4. The number of aromatic nitrogens is 2. The largest absolute Gasteiger partial charge is 0.459 e. The second kappa shape index (κ2) is 10.2. The summed E-state index contributed by atoms with van der Waals surface area (Å²) in [5.74, 6) is -5.68. The van der Waals surface area contributed by atoms with Gasteiger partial charge in [0.1, 0.15) is 5.60 Å². The van der Waals surface area contributed by atoms with E-state index in [2.05, 4.69) is 9.97 Å². The summed E-state index contributed by atoms with van der Waals surface area (Å²) < 4.78 is 99.5. The summed E-state index contributed by atoms with van der Waals surface area (Å²) in [5.41, 5.74) is -0.263. The van der Waals surface area contributed by atoms with Crippen molar-refractivity contribution in [2.75, 3.05) is 13.2 Å². The van der Waals surface area contributed by atoms with Crippen LogP contribution >= 0.6 is 0 Å². The number of carbonyl (C=O) groups is 1. The third-order valence-electron chi connectivity index (χ3n) is 5.86. The molecule has 2 heterocycles. The van der Waals surface area contributed by atoms with Crippen molar-refractivity contribution in [1.29, 1.82) is 0 Å². The molecular formula is C24H27F5N2O5S. The molecule has 0 amide bonds. The number of aryl methyl sites for hydroxylation is 1. The Hall–Kier alpha value is -2.67. The highest BCUT2D eigenvalue weighted by Gasteiger charge is 2.57. The fraction of sp³-hybridized carbons (Fsp3) is 0.542. The van der Waals surface area contributed by atoms with Crippen molar-refractivity contribution < 1.29 is 44.6 Å². The number of halogens is 5. The Balaban J connectivity index is 1.81. The molecule has 1 aromatic heterocycles. The number of rotatable bonds is 7. The number of hydrogen-bond donors (Lipinski definition) is 0. The molecule has 0 spiro atoms. The van der Waals surface area contributed by atoms with Crippen molar-refractivity contribution in [3.8, 4) is 11.3 Å². The van der Waals surface area contributed by atoms with Crippen LogP contribution in [0.3, 0.4) is 0 Å². The van der Waals surface area contributed by atoms with Crippen molar-refractivity contribution in [1.82, 2.24) is 9.97 Å². The Morgan fingerprint density at radius 1 is 1.00 bits per heavy atom. The van der Waals surface area contributed by atoms with Crippen LogP contribution in [-0.4, -0.2) is 60.0 Å². The summed E-state index contributed by atoms with van der Waals surface area (Å²) >= 11 is 0. The van der Waals surface area contributed by atoms with Gasteiger partial charge < -0.3 is 9.47 Å². The fourth-order valence-electron chi connectivity index (χ4n) is 3.74. The first-order chi connectivity index (χ1) is 17.0. The van der Waals surface area contributed by atoms with Crippen molar-refractivity contribution in [3.05, 3.63) is 42.4 Å². The van der Waals surface area contributed by atoms with E-state index in [1.807, 2.05) is 0 Å². The number of carbonyl (C=O) groups excluding carboxylic acids is 1. The van der Waals surface area contributed by atoms with Gasteiger partial charge in [0.15, 0.2) is 14.6 Å². The van der Waals surface area contributed by atoms with Gasteiger partial charge >= 0.3 is 18.1 Å². The van der Waals surface area contributed by atoms with Crippen LogP contribution in [0.2, 0.25) is 0 Å². The molecule has 1 saturated heterocycles. The van der Waals surface area contributed by atoms with Crippen LogP contribution in [0.15, 0.2) is 41.6 Å². The highest BCUT2D eigenvalue weighted by molar-refractivity contribution is 7.93. The highest BCUT2D eigenvalue weighted by Crippen LogP contribution is 2.39. The first-order valence-corrected chi connectivity index (χ1v) is 12.9. The Morgan fingerprint density at radius 3 is 2.08 bits per heavy atom. The minimum atomic E-state index is -5.64. The summed E-state index contributed by atoms with van der Waals surface area (Å²) in [5, 5.41) is 0. The lowest BCUT2D eigenvalue weighted by Gasteiger charge is -2.36. The number of sulfone groups is 1. The molecule has 0 atom stereocenters. The van der Waals surface area contributed by atoms with E-state index in [9.17, 15) is 35.2 Å². The minimum absolute atomic E-state index is 0.0503. The standard InChI is InChI=1S/C24H27F5N2O5S/c1-21(2,3)36-20(32)22(10-12-35-13-11-22)37(33,34)18-6-4-16(5-7-18)19-15-30-17(14-31-19)8-9-23(25,26)24(27,28)29/h4-7,14-15H,8-13H2,1-3H3. The Bertz CT molecular complexity index is 1200. The molecule has 0 N–H and O–H groups in total. The monoisotopic (exact) mass is 550 g/mol. The maximum atomic E-state index is 13.6. The van der Waals surface area contributed by atoms with E-state index < -0.39 is 51.1 Å². The average Bonchev–Trinajstić information content (AvgIpc) is 2.82. The van der Waals surface area contributed by atoms with Gasteiger partial charge in [-0.25, -0.2) is 8.42 Å². The molecule has 1 aromatic carbocycles. The summed E-state index contributed by atoms with van der Waals surface area (Å²) in [6.07, 6.45) is -5.57. The zero-order valence-corrected chi connectivity index (χ0v) is 21.3. The highest BCUT2D eigenvalue weighted by atomic mass is 32.2. The summed E-state index contributed by atoms with van der Waals surface area (Å²) in [7, 11) is -4.19. The number of nitrogens with zero attached hydrogens (tertiary/aromatic N) is 2. The van der Waals surface area contributed by atoms with Crippen LogP contribution in [0.5, 0.6) is 0 Å². The third kappa shape index (κ3) is 6.25. The normalized spacial score (nSPS) is 16.9. The SMILES string of the molecule is CC(C)(C)OC(=O)C1(S(=O)(=O)c2ccc(-c3cnc(CCC(F)(F)C(F)(F)F)cn3)cc2)CCOCC1. The summed E-state index contributed by atoms with van der Waals surface area (Å²) in [4.78, 5) is 20.9. The first kappa shape index (κ1) is 28.9. The molecule has 0 unspecified atom stereocenters. The van der Waals surface area contributed by atoms with Crippen LogP contribution in [0.4, 0.5) is 22.0 Å². The maximum absolute atomic E-state index is 13.6. The fourth-order valence-corrected chi connectivity index (χ4v) is 5.66. The van der Waals surface area contributed by atoms with Gasteiger partial charge in [0.05, 0.1) is 22.5 Å². The molecule has 2 aromatic rings. The summed E-state index contributed by atoms with van der Waals surface area (Å²) in [6, 6.07) is 5.50. The lowest BCUT2D eigenvalue weighted by molar-refractivity contribution is -0.284. The van der Waals surface area contributed by atoms with E-state index in [1.54, 1.807) is 20.8 Å². The number of ether oxygens (including phenoxy) is 2.